The first-order valence-electron chi connectivity index (χ1n) is 7.36. The molecule has 2 N–H and O–H groups in total. The monoisotopic (exact) mass is 318 g/mol. The van der Waals surface area contributed by atoms with Crippen LogP contribution in [-0.2, 0) is 6.54 Å². The summed E-state index contributed by atoms with van der Waals surface area (Å²) < 4.78 is 2.11. The van der Waals surface area contributed by atoms with Gasteiger partial charge in [0.2, 0.25) is 11.8 Å². The molecule has 1 atom stereocenters. The third-order valence-corrected chi connectivity index (χ3v) is 3.97. The Morgan fingerprint density at radius 2 is 2.13 bits per heavy atom. The zero-order valence-electron chi connectivity index (χ0n) is 13.2. The van der Waals surface area contributed by atoms with Crippen LogP contribution in [0.1, 0.15) is 44.4 Å². The molecule has 10 heteroatoms. The minimum Gasteiger partial charge on any atom is -0.378 e. The summed E-state index contributed by atoms with van der Waals surface area (Å²) in [4.78, 5) is 20.3. The largest absolute Gasteiger partial charge is 0.378 e. The number of nitrogens with zero attached hydrogens (tertiary/aromatic N) is 7. The Morgan fingerprint density at radius 1 is 1.39 bits per heavy atom. The van der Waals surface area contributed by atoms with Crippen LogP contribution < -0.4 is 10.6 Å². The van der Waals surface area contributed by atoms with Crippen molar-refractivity contribution in [1.82, 2.24) is 24.7 Å². The summed E-state index contributed by atoms with van der Waals surface area (Å²) in [5.41, 5.74) is 5.37. The van der Waals surface area contributed by atoms with E-state index in [1.54, 1.807) is 0 Å². The Kier molecular flexibility index (Phi) is 3.58. The van der Waals surface area contributed by atoms with Gasteiger partial charge in [0.1, 0.15) is 12.0 Å². The minimum absolute atomic E-state index is 0.0930. The molecule has 1 unspecified atom stereocenters. The smallest absolute Gasteiger partial charge is 0.329 e. The van der Waals surface area contributed by atoms with Crippen molar-refractivity contribution in [2.75, 3.05) is 17.2 Å². The van der Waals surface area contributed by atoms with E-state index in [-0.39, 0.29) is 17.5 Å². The molecule has 0 fully saturated rings. The predicted octanol–water partition coefficient (Wildman–Crippen LogP) is 1.26. The molecule has 0 spiro atoms. The highest BCUT2D eigenvalue weighted by molar-refractivity contribution is 5.54. The van der Waals surface area contributed by atoms with Crippen molar-refractivity contribution in [3.8, 4) is 0 Å². The molecule has 3 rings (SSSR count). The number of nitro groups is 1. The molecule has 1 aliphatic heterocycles. The molecular formula is C13H18N8O2. The molecule has 2 aromatic rings. The average molecular weight is 318 g/mol. The van der Waals surface area contributed by atoms with Crippen LogP contribution in [0.25, 0.3) is 0 Å². The Hall–Kier alpha value is -2.78. The molecule has 2 aromatic heterocycles. The number of aromatic nitrogens is 5. The van der Waals surface area contributed by atoms with Crippen LogP contribution in [0.5, 0.6) is 0 Å². The Labute approximate surface area is 132 Å². The van der Waals surface area contributed by atoms with Gasteiger partial charge < -0.3 is 15.2 Å². The van der Waals surface area contributed by atoms with Crippen LogP contribution in [0, 0.1) is 10.1 Å². The lowest BCUT2D eigenvalue weighted by molar-refractivity contribution is -0.384. The summed E-state index contributed by atoms with van der Waals surface area (Å²) in [7, 11) is 0. The second-order valence-electron chi connectivity index (χ2n) is 5.79. The van der Waals surface area contributed by atoms with Crippen LogP contribution in [-0.4, -0.2) is 36.2 Å². The number of nitrogens with two attached hydrogens (primary N) is 1. The molecule has 1 aliphatic rings. The SMILES string of the molecule is CC(C)c1nnc2n1CCN(c1ncc([N+](=O)[O-])c(N)n1)C2C. The fraction of sp³-hybridized carbons (Fsp3) is 0.538. The zero-order chi connectivity index (χ0) is 16.7. The normalized spacial score (nSPS) is 17.4. The molecule has 23 heavy (non-hydrogen) atoms. The molecule has 3 heterocycles. The summed E-state index contributed by atoms with van der Waals surface area (Å²) in [6.07, 6.45) is 1.14. The maximum Gasteiger partial charge on any atom is 0.329 e. The fourth-order valence-corrected chi connectivity index (χ4v) is 2.77. The van der Waals surface area contributed by atoms with Gasteiger partial charge >= 0.3 is 5.69 Å². The topological polar surface area (TPSA) is 129 Å². The molecule has 122 valence electrons. The molecule has 0 saturated heterocycles. The lowest BCUT2D eigenvalue weighted by atomic mass is 10.1. The van der Waals surface area contributed by atoms with Gasteiger partial charge in [-0.25, -0.2) is 4.98 Å². The van der Waals surface area contributed by atoms with E-state index in [4.69, 9.17) is 5.73 Å². The van der Waals surface area contributed by atoms with Gasteiger partial charge in [0.15, 0.2) is 5.82 Å². The quantitative estimate of drug-likeness (QED) is 0.661. The highest BCUT2D eigenvalue weighted by atomic mass is 16.6. The molecule has 10 nitrogen and oxygen atoms in total. The summed E-state index contributed by atoms with van der Waals surface area (Å²) in [6, 6.07) is -0.0930. The second-order valence-corrected chi connectivity index (χ2v) is 5.79. The molecule has 0 aliphatic carbocycles. The van der Waals surface area contributed by atoms with Gasteiger partial charge in [0, 0.05) is 19.0 Å². The van der Waals surface area contributed by atoms with E-state index in [1.165, 1.54) is 0 Å². The van der Waals surface area contributed by atoms with E-state index in [1.807, 2.05) is 11.8 Å². The highest BCUT2D eigenvalue weighted by Gasteiger charge is 2.31. The minimum atomic E-state index is -0.593. The third kappa shape index (κ3) is 2.45. The van der Waals surface area contributed by atoms with Crippen molar-refractivity contribution in [2.45, 2.75) is 39.3 Å². The first-order valence-corrected chi connectivity index (χ1v) is 7.36. The fourth-order valence-electron chi connectivity index (χ4n) is 2.77. The van der Waals surface area contributed by atoms with Gasteiger partial charge in [-0.3, -0.25) is 10.1 Å². The van der Waals surface area contributed by atoms with Crippen molar-refractivity contribution in [3.63, 3.8) is 0 Å². The van der Waals surface area contributed by atoms with E-state index >= 15 is 0 Å². The van der Waals surface area contributed by atoms with E-state index in [0.29, 0.717) is 25.0 Å². The summed E-state index contributed by atoms with van der Waals surface area (Å²) >= 11 is 0. The summed E-state index contributed by atoms with van der Waals surface area (Å²) in [5, 5.41) is 19.4. The van der Waals surface area contributed by atoms with Crippen molar-refractivity contribution < 1.29 is 4.92 Å². The van der Waals surface area contributed by atoms with Crippen molar-refractivity contribution >= 4 is 17.5 Å². The van der Waals surface area contributed by atoms with E-state index in [0.717, 1.165) is 17.8 Å². The van der Waals surface area contributed by atoms with E-state index < -0.39 is 4.92 Å². The first-order chi connectivity index (χ1) is 10.9. The molecule has 0 radical (unpaired) electrons. The Balaban J connectivity index is 1.93. The molecule has 0 bridgehead atoms. The third-order valence-electron chi connectivity index (χ3n) is 3.97. The van der Waals surface area contributed by atoms with Crippen molar-refractivity contribution in [3.05, 3.63) is 28.0 Å². The van der Waals surface area contributed by atoms with E-state index in [2.05, 4.69) is 38.6 Å². The molecule has 0 saturated carbocycles. The van der Waals surface area contributed by atoms with Crippen LogP contribution in [0.4, 0.5) is 17.5 Å². The van der Waals surface area contributed by atoms with Crippen LogP contribution in [0.3, 0.4) is 0 Å². The second kappa shape index (κ2) is 5.45. The van der Waals surface area contributed by atoms with Crippen LogP contribution in [0.2, 0.25) is 0 Å². The number of nitrogen functional groups attached to an aromatic ring is 1. The lowest BCUT2D eigenvalue weighted by Crippen LogP contribution is -2.38. The van der Waals surface area contributed by atoms with Gasteiger partial charge in [-0.05, 0) is 6.92 Å². The van der Waals surface area contributed by atoms with Gasteiger partial charge in [0.05, 0.1) is 11.0 Å². The summed E-state index contributed by atoms with van der Waals surface area (Å²) in [6.45, 7) is 7.50. The van der Waals surface area contributed by atoms with Crippen LogP contribution >= 0.6 is 0 Å². The molecule has 0 aromatic carbocycles. The first kappa shape index (κ1) is 15.1. The average Bonchev–Trinajstić information content (AvgIpc) is 2.92. The highest BCUT2D eigenvalue weighted by Crippen LogP contribution is 2.30. The molecule has 0 amide bonds. The lowest BCUT2D eigenvalue weighted by Gasteiger charge is -2.33. The maximum atomic E-state index is 10.8. The number of hydrogen-bond acceptors (Lipinski definition) is 8. The number of fused-ring (bicyclic) bond motifs is 1. The van der Waals surface area contributed by atoms with Crippen molar-refractivity contribution in [2.24, 2.45) is 0 Å². The van der Waals surface area contributed by atoms with Crippen molar-refractivity contribution in [1.29, 1.82) is 0 Å². The maximum absolute atomic E-state index is 10.8. The standard InChI is InChI=1S/C13H18N8O2/c1-7(2)11-17-18-12-8(3)19(4-5-20(11)12)13-15-6-9(21(22)23)10(14)16-13/h6-8H,4-5H2,1-3H3,(H2,14,15,16). The summed E-state index contributed by atoms with van der Waals surface area (Å²) in [5.74, 6) is 2.31. The van der Waals surface area contributed by atoms with Gasteiger partial charge in [-0.15, -0.1) is 10.2 Å². The number of hydrogen-bond donors (Lipinski definition) is 1. The van der Waals surface area contributed by atoms with Crippen LogP contribution in [0.15, 0.2) is 6.20 Å². The van der Waals surface area contributed by atoms with E-state index in [9.17, 15) is 10.1 Å². The number of rotatable bonds is 3. The van der Waals surface area contributed by atoms with Gasteiger partial charge in [-0.2, -0.15) is 4.98 Å². The zero-order valence-corrected chi connectivity index (χ0v) is 13.2. The number of anilines is 2. The predicted molar refractivity (Wildman–Crippen MR) is 83.0 cm³/mol. The Morgan fingerprint density at radius 3 is 2.74 bits per heavy atom. The Bertz CT molecular complexity index is 756. The van der Waals surface area contributed by atoms with Gasteiger partial charge in [-0.1, -0.05) is 13.8 Å². The van der Waals surface area contributed by atoms with Gasteiger partial charge in [0.25, 0.3) is 0 Å². The molecular weight excluding hydrogens is 300 g/mol.